The Bertz CT molecular complexity index is 685. The zero-order chi connectivity index (χ0) is 18.3. The third-order valence-corrected chi connectivity index (χ3v) is 4.05. The van der Waals surface area contributed by atoms with E-state index in [1.54, 1.807) is 18.3 Å². The molecule has 1 aromatic rings. The Morgan fingerprint density at radius 2 is 2.08 bits per heavy atom. The first-order valence-corrected chi connectivity index (χ1v) is 8.51. The van der Waals surface area contributed by atoms with Gasteiger partial charge in [0.05, 0.1) is 11.4 Å². The maximum Gasteiger partial charge on any atom is 0.273 e. The first-order chi connectivity index (χ1) is 12.0. The van der Waals surface area contributed by atoms with E-state index in [-0.39, 0.29) is 12.0 Å². The Balaban J connectivity index is 2.16. The lowest BCUT2D eigenvalue weighted by Gasteiger charge is -2.19. The molecule has 0 saturated carbocycles. The molecule has 0 saturated heterocycles. The van der Waals surface area contributed by atoms with Gasteiger partial charge in [0.1, 0.15) is 0 Å². The van der Waals surface area contributed by atoms with Gasteiger partial charge >= 0.3 is 0 Å². The summed E-state index contributed by atoms with van der Waals surface area (Å²) in [6, 6.07) is 6.19. The van der Waals surface area contributed by atoms with Crippen LogP contribution in [0.2, 0.25) is 0 Å². The number of alkyl halides is 2. The maximum atomic E-state index is 13.7. The van der Waals surface area contributed by atoms with Gasteiger partial charge in [0.2, 0.25) is 0 Å². The van der Waals surface area contributed by atoms with Gasteiger partial charge in [-0.15, -0.1) is 0 Å². The van der Waals surface area contributed by atoms with Crippen molar-refractivity contribution in [2.45, 2.75) is 32.6 Å². The minimum atomic E-state index is -2.80. The maximum absolute atomic E-state index is 13.7. The van der Waals surface area contributed by atoms with Crippen LogP contribution in [0.5, 0.6) is 0 Å². The van der Waals surface area contributed by atoms with Gasteiger partial charge in [-0.3, -0.25) is 4.99 Å². The zero-order valence-electron chi connectivity index (χ0n) is 14.8. The number of hydrogen-bond acceptors (Lipinski definition) is 3. The van der Waals surface area contributed by atoms with Gasteiger partial charge in [0, 0.05) is 30.4 Å². The van der Waals surface area contributed by atoms with Crippen molar-refractivity contribution in [2.75, 3.05) is 18.4 Å². The van der Waals surface area contributed by atoms with E-state index in [9.17, 15) is 8.78 Å². The molecule has 2 rings (SSSR count). The summed E-state index contributed by atoms with van der Waals surface area (Å²) in [5.41, 5.74) is 3.31. The van der Waals surface area contributed by atoms with Crippen molar-refractivity contribution in [3.05, 3.63) is 66.0 Å². The zero-order valence-corrected chi connectivity index (χ0v) is 14.8. The minimum absolute atomic E-state index is 0.0232. The van der Waals surface area contributed by atoms with E-state index < -0.39 is 5.92 Å². The lowest BCUT2D eigenvalue weighted by molar-refractivity contribution is -0.00826. The fourth-order valence-electron chi connectivity index (χ4n) is 2.58. The third-order valence-electron chi connectivity index (χ3n) is 4.05. The first kappa shape index (κ1) is 19.1. The Morgan fingerprint density at radius 3 is 2.64 bits per heavy atom. The number of hydrogen-bond donors (Lipinski definition) is 2. The van der Waals surface area contributed by atoms with Crippen LogP contribution in [0.15, 0.2) is 65.5 Å². The van der Waals surface area contributed by atoms with E-state index in [0.29, 0.717) is 11.4 Å². The van der Waals surface area contributed by atoms with E-state index in [0.717, 1.165) is 30.8 Å². The van der Waals surface area contributed by atoms with Gasteiger partial charge in [-0.2, -0.15) is 0 Å². The van der Waals surface area contributed by atoms with Gasteiger partial charge < -0.3 is 10.6 Å². The second-order valence-electron chi connectivity index (χ2n) is 5.88. The lowest BCUT2D eigenvalue weighted by atomic mass is 10.0. The number of halogens is 2. The summed E-state index contributed by atoms with van der Waals surface area (Å²) in [5.74, 6) is -2.80. The van der Waals surface area contributed by atoms with Crippen LogP contribution in [0.1, 0.15) is 32.3 Å². The van der Waals surface area contributed by atoms with Crippen LogP contribution in [0.3, 0.4) is 0 Å². The molecule has 2 N–H and O–H groups in total. The van der Waals surface area contributed by atoms with Crippen LogP contribution in [0.25, 0.3) is 0 Å². The highest BCUT2D eigenvalue weighted by Gasteiger charge is 2.28. The standard InChI is InChI=1S/C20H25F2N3/c1-4-12-24-19(16-10-13-23-14-11-16)15(3)25-18-8-6-17(7-9-18)20(21,22)5-2/h4,6-10,12,23,25H,3,5,11,13-14H2,1-2H3/b12-4-,24-19?. The monoisotopic (exact) mass is 345 g/mol. The molecular weight excluding hydrogens is 320 g/mol. The van der Waals surface area contributed by atoms with Crippen molar-refractivity contribution in [2.24, 2.45) is 4.99 Å². The van der Waals surface area contributed by atoms with E-state index >= 15 is 0 Å². The van der Waals surface area contributed by atoms with Crippen LogP contribution in [0, 0.1) is 0 Å². The molecule has 0 radical (unpaired) electrons. The summed E-state index contributed by atoms with van der Waals surface area (Å²) in [4.78, 5) is 4.49. The molecule has 25 heavy (non-hydrogen) atoms. The molecule has 3 nitrogen and oxygen atoms in total. The summed E-state index contributed by atoms with van der Waals surface area (Å²) in [6.45, 7) is 9.16. The highest BCUT2D eigenvalue weighted by atomic mass is 19.3. The summed E-state index contributed by atoms with van der Waals surface area (Å²) in [6.07, 6.45) is 6.35. The van der Waals surface area contributed by atoms with Crippen molar-refractivity contribution in [1.82, 2.24) is 5.32 Å². The molecule has 1 heterocycles. The molecule has 0 atom stereocenters. The number of anilines is 1. The Morgan fingerprint density at radius 1 is 1.36 bits per heavy atom. The summed E-state index contributed by atoms with van der Waals surface area (Å²) in [7, 11) is 0. The number of nitrogens with zero attached hydrogens (tertiary/aromatic N) is 1. The van der Waals surface area contributed by atoms with Gasteiger partial charge in [-0.25, -0.2) is 8.78 Å². The van der Waals surface area contributed by atoms with Gasteiger partial charge in [0.25, 0.3) is 5.92 Å². The van der Waals surface area contributed by atoms with E-state index in [1.165, 1.54) is 19.1 Å². The van der Waals surface area contributed by atoms with Crippen LogP contribution in [-0.4, -0.2) is 18.8 Å². The number of allylic oxidation sites excluding steroid dienone is 2. The van der Waals surface area contributed by atoms with Crippen LogP contribution in [0.4, 0.5) is 14.5 Å². The summed E-state index contributed by atoms with van der Waals surface area (Å²) in [5, 5.41) is 6.45. The fraction of sp³-hybridized carbons (Fsp3) is 0.350. The second kappa shape index (κ2) is 8.72. The topological polar surface area (TPSA) is 36.4 Å². The molecule has 134 valence electrons. The smallest absolute Gasteiger partial charge is 0.273 e. The van der Waals surface area contributed by atoms with Crippen molar-refractivity contribution < 1.29 is 8.78 Å². The van der Waals surface area contributed by atoms with Crippen LogP contribution in [-0.2, 0) is 5.92 Å². The number of benzene rings is 1. The number of nitrogens with one attached hydrogen (secondary N) is 2. The molecule has 0 amide bonds. The van der Waals surface area contributed by atoms with E-state index in [2.05, 4.69) is 28.3 Å². The quantitative estimate of drug-likeness (QED) is 0.682. The molecule has 0 aliphatic carbocycles. The fourth-order valence-corrected chi connectivity index (χ4v) is 2.58. The van der Waals surface area contributed by atoms with Crippen molar-refractivity contribution in [3.8, 4) is 0 Å². The summed E-state index contributed by atoms with van der Waals surface area (Å²) >= 11 is 0. The molecule has 0 spiro atoms. The average molecular weight is 345 g/mol. The first-order valence-electron chi connectivity index (χ1n) is 8.51. The minimum Gasteiger partial charge on any atom is -0.354 e. The average Bonchev–Trinajstić information content (AvgIpc) is 2.63. The molecule has 1 aromatic carbocycles. The van der Waals surface area contributed by atoms with Gasteiger partial charge in [-0.05, 0) is 37.6 Å². The molecular formula is C20H25F2N3. The number of rotatable bonds is 7. The largest absolute Gasteiger partial charge is 0.354 e. The third kappa shape index (κ3) is 5.10. The van der Waals surface area contributed by atoms with Gasteiger partial charge in [0.15, 0.2) is 0 Å². The Labute approximate surface area is 148 Å². The Hall–Kier alpha value is -2.27. The van der Waals surface area contributed by atoms with Crippen LogP contribution < -0.4 is 10.6 Å². The van der Waals surface area contributed by atoms with Gasteiger partial charge in [-0.1, -0.05) is 37.8 Å². The number of aliphatic imine (C=N–C) groups is 1. The molecule has 1 aliphatic heterocycles. The molecule has 0 bridgehead atoms. The SMILES string of the molecule is C=C(Nc1ccc(C(F)(F)CC)cc1)C(=N/C=C\C)C1=CCNCC1. The van der Waals surface area contributed by atoms with Crippen molar-refractivity contribution >= 4 is 11.4 Å². The molecule has 1 aliphatic rings. The Kier molecular flexibility index (Phi) is 6.65. The van der Waals surface area contributed by atoms with E-state index in [4.69, 9.17) is 0 Å². The predicted molar refractivity (Wildman–Crippen MR) is 101 cm³/mol. The molecule has 0 fully saturated rings. The van der Waals surface area contributed by atoms with Crippen molar-refractivity contribution in [3.63, 3.8) is 0 Å². The predicted octanol–water partition coefficient (Wildman–Crippen LogP) is 5.01. The molecule has 5 heteroatoms. The normalized spacial score (nSPS) is 16.0. The lowest BCUT2D eigenvalue weighted by Crippen LogP contribution is -2.25. The van der Waals surface area contributed by atoms with Crippen LogP contribution >= 0.6 is 0 Å². The van der Waals surface area contributed by atoms with Crippen molar-refractivity contribution in [1.29, 1.82) is 0 Å². The molecule has 0 unspecified atom stereocenters. The highest BCUT2D eigenvalue weighted by Crippen LogP contribution is 2.32. The second-order valence-corrected chi connectivity index (χ2v) is 5.88. The van der Waals surface area contributed by atoms with E-state index in [1.807, 2.05) is 13.0 Å². The highest BCUT2D eigenvalue weighted by molar-refractivity contribution is 6.14. The summed E-state index contributed by atoms with van der Waals surface area (Å²) < 4.78 is 27.4. The molecule has 0 aromatic heterocycles.